The van der Waals surface area contributed by atoms with Gasteiger partial charge in [0.05, 0.1) is 46.2 Å². The van der Waals surface area contributed by atoms with Crippen molar-refractivity contribution < 1.29 is 38.5 Å². The molecule has 43 heavy (non-hydrogen) atoms. The van der Waals surface area contributed by atoms with Gasteiger partial charge in [0, 0.05) is 17.0 Å². The molecule has 7 rings (SSSR count). The van der Waals surface area contributed by atoms with Crippen LogP contribution >= 0.6 is 34.5 Å². The summed E-state index contributed by atoms with van der Waals surface area (Å²) < 4.78 is 30.8. The third-order valence-corrected chi connectivity index (χ3v) is 9.72. The van der Waals surface area contributed by atoms with Gasteiger partial charge < -0.3 is 33.7 Å². The Morgan fingerprint density at radius 3 is 2.67 bits per heavy atom. The van der Waals surface area contributed by atoms with E-state index in [0.717, 1.165) is 24.2 Å². The van der Waals surface area contributed by atoms with E-state index in [1.807, 2.05) is 13.8 Å². The summed E-state index contributed by atoms with van der Waals surface area (Å²) in [7, 11) is 0. The van der Waals surface area contributed by atoms with E-state index in [-0.39, 0.29) is 37.4 Å². The first-order valence-corrected chi connectivity index (χ1v) is 15.6. The number of aromatic carboxylic acids is 1. The molecule has 0 amide bonds. The highest BCUT2D eigenvalue weighted by molar-refractivity contribution is 7.18. The Hall–Kier alpha value is -2.77. The number of aliphatic hydroxyl groups is 1. The zero-order valence-corrected chi connectivity index (χ0v) is 25.5. The van der Waals surface area contributed by atoms with Gasteiger partial charge in [-0.05, 0) is 51.0 Å². The molecule has 0 unspecified atom stereocenters. The summed E-state index contributed by atoms with van der Waals surface area (Å²) in [6, 6.07) is 8.26. The van der Waals surface area contributed by atoms with Crippen LogP contribution in [-0.4, -0.2) is 64.0 Å². The highest BCUT2D eigenvalue weighted by Crippen LogP contribution is 2.48. The number of carboxylic acid groups (broad SMARTS) is 1. The summed E-state index contributed by atoms with van der Waals surface area (Å²) in [5.41, 5.74) is 0.923. The van der Waals surface area contributed by atoms with Crippen LogP contribution in [0.4, 0.5) is 0 Å². The number of carbonyl (C=O) groups is 1. The number of nitrogens with zero attached hydrogens (tertiary/aromatic N) is 2. The van der Waals surface area contributed by atoms with Crippen molar-refractivity contribution >= 4 is 50.7 Å². The average molecular weight is 648 g/mol. The zero-order chi connectivity index (χ0) is 30.0. The van der Waals surface area contributed by atoms with Gasteiger partial charge in [0.1, 0.15) is 46.0 Å². The van der Waals surface area contributed by atoms with Crippen LogP contribution in [-0.2, 0) is 26.4 Å². The predicted molar refractivity (Wildman–Crippen MR) is 158 cm³/mol. The summed E-state index contributed by atoms with van der Waals surface area (Å²) in [4.78, 5) is 16.4. The number of ether oxygens (including phenoxy) is 4. The SMILES string of the molecule is CC(C)Oc1cc(C(=O)O)cc2sc([C@@]3(O)CO[C@@H]4[C@@H](OCc5c(-c6c(Cl)cccc6Cl)noc5C5CC5)CO[C@@H]43)nc12. The Kier molecular flexibility index (Phi) is 7.40. The highest BCUT2D eigenvalue weighted by atomic mass is 35.5. The van der Waals surface area contributed by atoms with E-state index in [1.54, 1.807) is 18.2 Å². The molecule has 226 valence electrons. The van der Waals surface area contributed by atoms with Crippen LogP contribution in [0, 0.1) is 0 Å². The molecule has 4 aromatic rings. The first kappa shape index (κ1) is 29.0. The fourth-order valence-corrected chi connectivity index (χ4v) is 7.41. The van der Waals surface area contributed by atoms with Crippen molar-refractivity contribution in [3.05, 3.63) is 62.3 Å². The molecule has 1 aliphatic carbocycles. The molecule has 0 bridgehead atoms. The summed E-state index contributed by atoms with van der Waals surface area (Å²) in [5.74, 6) is 0.298. The van der Waals surface area contributed by atoms with Crippen molar-refractivity contribution in [2.45, 2.75) is 69.2 Å². The number of carboxylic acids is 1. The second-order valence-corrected chi connectivity index (χ2v) is 13.2. The van der Waals surface area contributed by atoms with E-state index in [2.05, 4.69) is 5.16 Å². The van der Waals surface area contributed by atoms with Gasteiger partial charge in [0.2, 0.25) is 0 Å². The maximum atomic E-state index is 11.9. The molecule has 1 saturated carbocycles. The second kappa shape index (κ2) is 11.0. The summed E-state index contributed by atoms with van der Waals surface area (Å²) in [6.07, 6.45) is 0.0275. The molecule has 4 atom stereocenters. The lowest BCUT2D eigenvalue weighted by Crippen LogP contribution is -2.41. The fraction of sp³-hybridized carbons (Fsp3) is 0.433. The van der Waals surface area contributed by atoms with Crippen molar-refractivity contribution in [3.63, 3.8) is 0 Å². The Morgan fingerprint density at radius 2 is 1.98 bits per heavy atom. The van der Waals surface area contributed by atoms with Gasteiger partial charge in [-0.1, -0.05) is 34.4 Å². The Labute approximate surface area is 260 Å². The number of aromatic nitrogens is 2. The quantitative estimate of drug-likeness (QED) is 0.217. The second-order valence-electron chi connectivity index (χ2n) is 11.4. The molecule has 0 spiro atoms. The van der Waals surface area contributed by atoms with Crippen molar-refractivity contribution in [1.29, 1.82) is 0 Å². The third-order valence-electron chi connectivity index (χ3n) is 7.92. The minimum absolute atomic E-state index is 0.0603. The number of hydrogen-bond acceptors (Lipinski definition) is 10. The summed E-state index contributed by atoms with van der Waals surface area (Å²) >= 11 is 14.2. The number of fused-ring (bicyclic) bond motifs is 2. The van der Waals surface area contributed by atoms with Crippen LogP contribution < -0.4 is 4.74 Å². The summed E-state index contributed by atoms with van der Waals surface area (Å²) in [5, 5.41) is 27.1. The highest BCUT2D eigenvalue weighted by Gasteiger charge is 2.59. The van der Waals surface area contributed by atoms with Gasteiger partial charge in [-0.25, -0.2) is 9.78 Å². The van der Waals surface area contributed by atoms with Crippen LogP contribution in [0.25, 0.3) is 21.5 Å². The third kappa shape index (κ3) is 5.10. The first-order chi connectivity index (χ1) is 20.6. The van der Waals surface area contributed by atoms with Crippen LogP contribution in [0.3, 0.4) is 0 Å². The minimum Gasteiger partial charge on any atom is -0.489 e. The van der Waals surface area contributed by atoms with Crippen molar-refractivity contribution in [2.24, 2.45) is 0 Å². The number of halogens is 2. The summed E-state index contributed by atoms with van der Waals surface area (Å²) in [6.45, 7) is 4.00. The Morgan fingerprint density at radius 1 is 1.21 bits per heavy atom. The molecule has 13 heteroatoms. The van der Waals surface area contributed by atoms with E-state index in [0.29, 0.717) is 42.3 Å². The van der Waals surface area contributed by atoms with E-state index in [4.69, 9.17) is 51.7 Å². The topological polar surface area (TPSA) is 133 Å². The Balaban J connectivity index is 1.14. The van der Waals surface area contributed by atoms with E-state index < -0.39 is 29.9 Å². The van der Waals surface area contributed by atoms with Crippen molar-refractivity contribution in [1.82, 2.24) is 10.1 Å². The molecule has 10 nitrogen and oxygen atoms in total. The number of rotatable bonds is 9. The van der Waals surface area contributed by atoms with Gasteiger partial charge in [0.25, 0.3) is 0 Å². The van der Waals surface area contributed by atoms with Crippen LogP contribution in [0.1, 0.15) is 59.3 Å². The maximum Gasteiger partial charge on any atom is 0.335 e. The maximum absolute atomic E-state index is 11.9. The first-order valence-electron chi connectivity index (χ1n) is 14.0. The standard InChI is InChI=1S/C30H28Cl2N2O8S/c1-13(2)41-19-8-15(28(35)36)9-21-24(19)33-29(43-21)30(37)12-40-26-20(11-39-27(26)30)38-10-16-23(34-42-25(16)14-6-7-14)22-17(31)4-3-5-18(22)32/h3-5,8-9,13-14,20,26-27,37H,6-7,10-12H2,1-2H3,(H,35,36)/t20-,26+,27-,30+/m0/s1. The van der Waals surface area contributed by atoms with Crippen LogP contribution in [0.15, 0.2) is 34.9 Å². The normalized spacial score (nSPS) is 25.1. The predicted octanol–water partition coefficient (Wildman–Crippen LogP) is 6.19. The van der Waals surface area contributed by atoms with E-state index in [9.17, 15) is 15.0 Å². The molecule has 4 heterocycles. The molecule has 0 radical (unpaired) electrons. The molecule has 2 saturated heterocycles. The number of hydrogen-bond donors (Lipinski definition) is 2. The van der Waals surface area contributed by atoms with Gasteiger partial charge in [-0.2, -0.15) is 0 Å². The smallest absolute Gasteiger partial charge is 0.335 e. The molecular formula is C30H28Cl2N2O8S. The van der Waals surface area contributed by atoms with Gasteiger partial charge >= 0.3 is 5.97 Å². The van der Waals surface area contributed by atoms with Gasteiger partial charge in [0.15, 0.2) is 5.60 Å². The van der Waals surface area contributed by atoms with Crippen LogP contribution in [0.2, 0.25) is 10.0 Å². The fourth-order valence-electron chi connectivity index (χ4n) is 5.71. The lowest BCUT2D eigenvalue weighted by Gasteiger charge is -2.24. The molecule has 2 aromatic carbocycles. The molecule has 3 fully saturated rings. The molecule has 3 aliphatic rings. The number of benzene rings is 2. The minimum atomic E-state index is -1.56. The van der Waals surface area contributed by atoms with Crippen molar-refractivity contribution in [3.8, 4) is 17.0 Å². The van der Waals surface area contributed by atoms with Crippen molar-refractivity contribution in [2.75, 3.05) is 13.2 Å². The van der Waals surface area contributed by atoms with E-state index >= 15 is 0 Å². The number of thiazole rings is 1. The lowest BCUT2D eigenvalue weighted by atomic mass is 9.96. The molecule has 2 aliphatic heterocycles. The van der Waals surface area contributed by atoms with Crippen LogP contribution in [0.5, 0.6) is 5.75 Å². The molecule has 2 N–H and O–H groups in total. The van der Waals surface area contributed by atoms with Gasteiger partial charge in [-0.15, -0.1) is 11.3 Å². The van der Waals surface area contributed by atoms with Gasteiger partial charge in [-0.3, -0.25) is 0 Å². The molecule has 2 aromatic heterocycles. The lowest BCUT2D eigenvalue weighted by molar-refractivity contribution is -0.0807. The Bertz CT molecular complexity index is 1700. The largest absolute Gasteiger partial charge is 0.489 e. The monoisotopic (exact) mass is 646 g/mol. The average Bonchev–Trinajstić information content (AvgIpc) is 3.27. The zero-order valence-electron chi connectivity index (χ0n) is 23.2. The molecular weight excluding hydrogens is 619 g/mol. The van der Waals surface area contributed by atoms with E-state index in [1.165, 1.54) is 23.5 Å².